The Morgan fingerprint density at radius 2 is 1.94 bits per heavy atom. The van der Waals surface area contributed by atoms with Crippen molar-refractivity contribution in [2.75, 3.05) is 19.5 Å². The second-order valence-corrected chi connectivity index (χ2v) is 4.55. The maximum atomic E-state index is 5.73. The van der Waals surface area contributed by atoms with Crippen LogP contribution < -0.4 is 5.73 Å². The molecule has 1 saturated carbocycles. The monoisotopic (exact) mass is 236 g/mol. The molecule has 5 heteroatoms. The molecule has 5 nitrogen and oxygen atoms in total. The summed E-state index contributed by atoms with van der Waals surface area (Å²) >= 11 is 0. The Morgan fingerprint density at radius 1 is 1.18 bits per heavy atom. The smallest absolute Gasteiger partial charge is 0.223 e. The van der Waals surface area contributed by atoms with E-state index in [0.29, 0.717) is 24.9 Å². The van der Waals surface area contributed by atoms with Gasteiger partial charge in [-0.2, -0.15) is 9.97 Å². The number of ether oxygens (including phenoxy) is 1. The van der Waals surface area contributed by atoms with Crippen LogP contribution >= 0.6 is 0 Å². The van der Waals surface area contributed by atoms with Crippen LogP contribution in [0.4, 0.5) is 5.95 Å². The number of nitrogens with two attached hydrogens (primary N) is 1. The molecular weight excluding hydrogens is 216 g/mol. The molecule has 1 aliphatic rings. The lowest BCUT2D eigenvalue weighted by atomic mass is 9.89. The van der Waals surface area contributed by atoms with Crippen molar-refractivity contribution < 1.29 is 4.74 Å². The van der Waals surface area contributed by atoms with Gasteiger partial charge in [0.1, 0.15) is 11.6 Å². The van der Waals surface area contributed by atoms with Gasteiger partial charge >= 0.3 is 0 Å². The lowest BCUT2D eigenvalue weighted by molar-refractivity contribution is 0.200. The van der Waals surface area contributed by atoms with E-state index < -0.39 is 0 Å². The van der Waals surface area contributed by atoms with Crippen LogP contribution in [0.2, 0.25) is 0 Å². The van der Waals surface area contributed by atoms with Crippen molar-refractivity contribution in [3.05, 3.63) is 11.6 Å². The zero-order valence-corrected chi connectivity index (χ0v) is 10.4. The highest BCUT2D eigenvalue weighted by Crippen LogP contribution is 2.30. The summed E-state index contributed by atoms with van der Waals surface area (Å²) in [6.07, 6.45) is 6.91. The van der Waals surface area contributed by atoms with E-state index in [1.54, 1.807) is 7.11 Å². The van der Waals surface area contributed by atoms with Gasteiger partial charge in [0.15, 0.2) is 0 Å². The first-order chi connectivity index (χ1) is 8.29. The second-order valence-electron chi connectivity index (χ2n) is 4.55. The number of hydrogen-bond donors (Lipinski definition) is 1. The molecule has 1 heterocycles. The molecule has 17 heavy (non-hydrogen) atoms. The maximum Gasteiger partial charge on any atom is 0.223 e. The lowest BCUT2D eigenvalue weighted by Crippen LogP contribution is -2.14. The Balaban J connectivity index is 2.12. The number of nitrogens with zero attached hydrogens (tertiary/aromatic N) is 3. The van der Waals surface area contributed by atoms with E-state index in [2.05, 4.69) is 15.0 Å². The van der Waals surface area contributed by atoms with Gasteiger partial charge in [-0.25, -0.2) is 4.98 Å². The van der Waals surface area contributed by atoms with Crippen molar-refractivity contribution in [3.63, 3.8) is 0 Å². The highest BCUT2D eigenvalue weighted by molar-refractivity contribution is 5.17. The normalized spacial score (nSPS) is 17.2. The minimum atomic E-state index is 0.340. The molecule has 0 spiro atoms. The summed E-state index contributed by atoms with van der Waals surface area (Å²) in [6, 6.07) is 0. The van der Waals surface area contributed by atoms with Gasteiger partial charge < -0.3 is 10.5 Å². The summed E-state index contributed by atoms with van der Waals surface area (Å²) in [5.41, 5.74) is 5.73. The predicted octanol–water partition coefficient (Wildman–Crippen LogP) is 1.69. The fourth-order valence-corrected chi connectivity index (χ4v) is 2.31. The summed E-state index contributed by atoms with van der Waals surface area (Å²) in [6.45, 7) is 0.619. The van der Waals surface area contributed by atoms with Crippen LogP contribution in [0.25, 0.3) is 0 Å². The molecule has 1 fully saturated rings. The molecule has 0 aromatic carbocycles. The number of anilines is 1. The summed E-state index contributed by atoms with van der Waals surface area (Å²) in [5, 5.41) is 0. The van der Waals surface area contributed by atoms with Crippen LogP contribution in [0, 0.1) is 0 Å². The van der Waals surface area contributed by atoms with Gasteiger partial charge in [0.25, 0.3) is 0 Å². The summed E-state index contributed by atoms with van der Waals surface area (Å²) in [4.78, 5) is 12.9. The molecule has 94 valence electrons. The fraction of sp³-hybridized carbons (Fsp3) is 0.750. The molecule has 1 aromatic heterocycles. The van der Waals surface area contributed by atoms with E-state index in [1.165, 1.54) is 32.1 Å². The molecule has 0 atom stereocenters. The SMILES string of the molecule is COCCc1nc(N)nc(C2CCCCC2)n1. The van der Waals surface area contributed by atoms with E-state index in [0.717, 1.165) is 11.6 Å². The van der Waals surface area contributed by atoms with Gasteiger partial charge in [0.05, 0.1) is 6.61 Å². The largest absolute Gasteiger partial charge is 0.384 e. The highest BCUT2D eigenvalue weighted by atomic mass is 16.5. The first-order valence-corrected chi connectivity index (χ1v) is 6.29. The van der Waals surface area contributed by atoms with Crippen molar-refractivity contribution in [2.45, 2.75) is 44.4 Å². The van der Waals surface area contributed by atoms with Crippen LogP contribution in [-0.4, -0.2) is 28.7 Å². The summed E-state index contributed by atoms with van der Waals surface area (Å²) < 4.78 is 5.03. The van der Waals surface area contributed by atoms with Crippen LogP contribution in [0.1, 0.15) is 49.7 Å². The predicted molar refractivity (Wildman–Crippen MR) is 65.6 cm³/mol. The summed E-state index contributed by atoms with van der Waals surface area (Å²) in [5.74, 6) is 2.44. The Labute approximate surface area is 102 Å². The van der Waals surface area contributed by atoms with E-state index in [9.17, 15) is 0 Å². The molecule has 1 aliphatic carbocycles. The van der Waals surface area contributed by atoms with Gasteiger partial charge in [-0.1, -0.05) is 19.3 Å². The van der Waals surface area contributed by atoms with E-state index >= 15 is 0 Å². The van der Waals surface area contributed by atoms with E-state index in [1.807, 2.05) is 0 Å². The number of methoxy groups -OCH3 is 1. The number of rotatable bonds is 4. The maximum absolute atomic E-state index is 5.73. The molecule has 0 aliphatic heterocycles. The third kappa shape index (κ3) is 3.36. The third-order valence-corrected chi connectivity index (χ3v) is 3.22. The van der Waals surface area contributed by atoms with Crippen LogP contribution in [0.15, 0.2) is 0 Å². The molecule has 2 N–H and O–H groups in total. The zero-order chi connectivity index (χ0) is 12.1. The third-order valence-electron chi connectivity index (χ3n) is 3.22. The van der Waals surface area contributed by atoms with Crippen LogP contribution in [0.3, 0.4) is 0 Å². The quantitative estimate of drug-likeness (QED) is 0.861. The van der Waals surface area contributed by atoms with Crippen molar-refractivity contribution in [1.29, 1.82) is 0 Å². The van der Waals surface area contributed by atoms with Crippen molar-refractivity contribution in [1.82, 2.24) is 15.0 Å². The minimum Gasteiger partial charge on any atom is -0.384 e. The van der Waals surface area contributed by atoms with Crippen molar-refractivity contribution in [3.8, 4) is 0 Å². The first kappa shape index (κ1) is 12.2. The molecule has 0 unspecified atom stereocenters. The van der Waals surface area contributed by atoms with Crippen molar-refractivity contribution >= 4 is 5.95 Å². The Kier molecular flexibility index (Phi) is 4.25. The van der Waals surface area contributed by atoms with Gasteiger partial charge in [-0.05, 0) is 12.8 Å². The van der Waals surface area contributed by atoms with Crippen molar-refractivity contribution in [2.24, 2.45) is 0 Å². The Bertz CT molecular complexity index is 364. The average molecular weight is 236 g/mol. The lowest BCUT2D eigenvalue weighted by Gasteiger charge is -2.20. The van der Waals surface area contributed by atoms with Crippen LogP contribution in [-0.2, 0) is 11.2 Å². The molecule has 1 aromatic rings. The Hall–Kier alpha value is -1.23. The van der Waals surface area contributed by atoms with Gasteiger partial charge in [0.2, 0.25) is 5.95 Å². The topological polar surface area (TPSA) is 73.9 Å². The molecule has 0 saturated heterocycles. The minimum absolute atomic E-state index is 0.340. The average Bonchev–Trinajstić information content (AvgIpc) is 2.37. The van der Waals surface area contributed by atoms with Gasteiger partial charge in [-0.3, -0.25) is 0 Å². The zero-order valence-electron chi connectivity index (χ0n) is 10.4. The fourth-order valence-electron chi connectivity index (χ4n) is 2.31. The number of hydrogen-bond acceptors (Lipinski definition) is 5. The second kappa shape index (κ2) is 5.91. The van der Waals surface area contributed by atoms with Crippen LogP contribution in [0.5, 0.6) is 0 Å². The molecular formula is C12H20N4O. The van der Waals surface area contributed by atoms with E-state index in [4.69, 9.17) is 10.5 Å². The summed E-state index contributed by atoms with van der Waals surface area (Å²) in [7, 11) is 1.67. The molecule has 0 bridgehead atoms. The molecule has 2 rings (SSSR count). The highest BCUT2D eigenvalue weighted by Gasteiger charge is 2.19. The number of aromatic nitrogens is 3. The molecule has 0 amide bonds. The van der Waals surface area contributed by atoms with Gasteiger partial charge in [-0.15, -0.1) is 0 Å². The first-order valence-electron chi connectivity index (χ1n) is 6.29. The standard InChI is InChI=1S/C12H20N4O/c1-17-8-7-10-14-11(16-12(13)15-10)9-5-3-2-4-6-9/h9H,2-8H2,1H3,(H2,13,14,15,16). The van der Waals surface area contributed by atoms with E-state index in [-0.39, 0.29) is 0 Å². The molecule has 0 radical (unpaired) electrons. The Morgan fingerprint density at radius 3 is 2.65 bits per heavy atom. The van der Waals surface area contributed by atoms with Gasteiger partial charge in [0, 0.05) is 19.4 Å². The number of nitrogen functional groups attached to an aromatic ring is 1.